The molecule has 18 heavy (non-hydrogen) atoms. The molecular weight excluding hydrogens is 222 g/mol. The van der Waals surface area contributed by atoms with Gasteiger partial charge >= 0.3 is 0 Å². The van der Waals surface area contributed by atoms with Crippen LogP contribution in [-0.4, -0.2) is 16.3 Å². The van der Waals surface area contributed by atoms with E-state index >= 15 is 0 Å². The lowest BCUT2D eigenvalue weighted by Gasteiger charge is -2.05. The monoisotopic (exact) mass is 249 g/mol. The Hall–Kier alpha value is -1.09. The van der Waals surface area contributed by atoms with Gasteiger partial charge in [0.2, 0.25) is 0 Å². The SMILES string of the molecule is C=CCCCCCn1cc(CNCC(C)C)cn1. The number of nitrogens with one attached hydrogen (secondary N) is 1. The minimum atomic E-state index is 0.699. The van der Waals surface area contributed by atoms with Gasteiger partial charge in [-0.25, -0.2) is 0 Å². The molecule has 0 atom stereocenters. The number of rotatable bonds is 10. The van der Waals surface area contributed by atoms with E-state index in [0.717, 1.165) is 26.1 Å². The second-order valence-corrected chi connectivity index (χ2v) is 5.27. The predicted octanol–water partition coefficient (Wildman–Crippen LogP) is 3.38. The molecule has 0 aromatic carbocycles. The summed E-state index contributed by atoms with van der Waals surface area (Å²) in [7, 11) is 0. The van der Waals surface area contributed by atoms with E-state index in [-0.39, 0.29) is 0 Å². The third kappa shape index (κ3) is 6.60. The Labute approximate surface area is 111 Å². The van der Waals surface area contributed by atoms with Gasteiger partial charge < -0.3 is 5.32 Å². The van der Waals surface area contributed by atoms with Gasteiger partial charge in [-0.15, -0.1) is 6.58 Å². The van der Waals surface area contributed by atoms with Crippen molar-refractivity contribution in [3.8, 4) is 0 Å². The Morgan fingerprint density at radius 2 is 2.22 bits per heavy atom. The molecule has 1 N–H and O–H groups in total. The van der Waals surface area contributed by atoms with Crippen molar-refractivity contribution in [2.24, 2.45) is 5.92 Å². The van der Waals surface area contributed by atoms with Gasteiger partial charge in [0.15, 0.2) is 0 Å². The van der Waals surface area contributed by atoms with Crippen LogP contribution in [0.15, 0.2) is 25.0 Å². The molecule has 0 fully saturated rings. The number of hydrogen-bond acceptors (Lipinski definition) is 2. The molecule has 0 saturated heterocycles. The van der Waals surface area contributed by atoms with Gasteiger partial charge in [0.1, 0.15) is 0 Å². The van der Waals surface area contributed by atoms with E-state index < -0.39 is 0 Å². The van der Waals surface area contributed by atoms with E-state index in [9.17, 15) is 0 Å². The zero-order valence-corrected chi connectivity index (χ0v) is 11.9. The summed E-state index contributed by atoms with van der Waals surface area (Å²) >= 11 is 0. The van der Waals surface area contributed by atoms with E-state index in [1.54, 1.807) is 0 Å². The van der Waals surface area contributed by atoms with Crippen molar-refractivity contribution in [2.75, 3.05) is 6.54 Å². The quantitative estimate of drug-likeness (QED) is 0.509. The second-order valence-electron chi connectivity index (χ2n) is 5.27. The normalized spacial score (nSPS) is 11.1. The van der Waals surface area contributed by atoms with Crippen LogP contribution in [0.3, 0.4) is 0 Å². The van der Waals surface area contributed by atoms with Crippen molar-refractivity contribution >= 4 is 0 Å². The molecule has 0 unspecified atom stereocenters. The van der Waals surface area contributed by atoms with E-state index in [0.29, 0.717) is 5.92 Å². The largest absolute Gasteiger partial charge is 0.312 e. The van der Waals surface area contributed by atoms with E-state index in [1.165, 1.54) is 24.8 Å². The van der Waals surface area contributed by atoms with Crippen molar-refractivity contribution in [1.82, 2.24) is 15.1 Å². The molecule has 1 aromatic heterocycles. The molecule has 1 heterocycles. The van der Waals surface area contributed by atoms with Crippen molar-refractivity contribution in [1.29, 1.82) is 0 Å². The maximum atomic E-state index is 4.39. The first-order valence-corrected chi connectivity index (χ1v) is 7.05. The number of hydrogen-bond donors (Lipinski definition) is 1. The van der Waals surface area contributed by atoms with Gasteiger partial charge in [0.25, 0.3) is 0 Å². The van der Waals surface area contributed by atoms with Crippen LogP contribution in [0.25, 0.3) is 0 Å². The number of unbranched alkanes of at least 4 members (excludes halogenated alkanes) is 3. The number of aromatic nitrogens is 2. The minimum absolute atomic E-state index is 0.699. The Balaban J connectivity index is 2.15. The summed E-state index contributed by atoms with van der Waals surface area (Å²) in [6, 6.07) is 0. The molecular formula is C15H27N3. The Morgan fingerprint density at radius 1 is 1.39 bits per heavy atom. The standard InChI is InChI=1S/C15H27N3/c1-4-5-6-7-8-9-18-13-15(12-17-18)11-16-10-14(2)3/h4,12-14,16H,1,5-11H2,2-3H3. The molecule has 3 nitrogen and oxygen atoms in total. The highest BCUT2D eigenvalue weighted by molar-refractivity contribution is 5.03. The maximum absolute atomic E-state index is 4.39. The fourth-order valence-electron chi connectivity index (χ4n) is 1.86. The first kappa shape index (κ1) is 15.0. The van der Waals surface area contributed by atoms with Gasteiger partial charge in [-0.05, 0) is 31.7 Å². The summed E-state index contributed by atoms with van der Waals surface area (Å²) in [5.74, 6) is 0.699. The summed E-state index contributed by atoms with van der Waals surface area (Å²) in [6.45, 7) is 11.2. The summed E-state index contributed by atoms with van der Waals surface area (Å²) in [6.07, 6.45) is 10.9. The molecule has 102 valence electrons. The summed E-state index contributed by atoms with van der Waals surface area (Å²) in [5.41, 5.74) is 1.28. The van der Waals surface area contributed by atoms with Crippen LogP contribution < -0.4 is 5.32 Å². The zero-order chi connectivity index (χ0) is 13.2. The fraction of sp³-hybridized carbons (Fsp3) is 0.667. The topological polar surface area (TPSA) is 29.9 Å². The average molecular weight is 249 g/mol. The lowest BCUT2D eigenvalue weighted by Crippen LogP contribution is -2.18. The molecule has 0 saturated carbocycles. The van der Waals surface area contributed by atoms with Gasteiger partial charge in [-0.1, -0.05) is 26.3 Å². The smallest absolute Gasteiger partial charge is 0.0534 e. The summed E-state index contributed by atoms with van der Waals surface area (Å²) in [4.78, 5) is 0. The fourth-order valence-corrected chi connectivity index (χ4v) is 1.86. The van der Waals surface area contributed by atoms with Crippen LogP contribution in [0.2, 0.25) is 0 Å². The van der Waals surface area contributed by atoms with Crippen molar-refractivity contribution in [3.05, 3.63) is 30.6 Å². The highest BCUT2D eigenvalue weighted by Gasteiger charge is 1.99. The molecule has 0 bridgehead atoms. The van der Waals surface area contributed by atoms with E-state index in [2.05, 4.69) is 41.7 Å². The highest BCUT2D eigenvalue weighted by atomic mass is 15.3. The number of aryl methyl sites for hydroxylation is 1. The third-order valence-electron chi connectivity index (χ3n) is 2.86. The van der Waals surface area contributed by atoms with Crippen molar-refractivity contribution in [3.63, 3.8) is 0 Å². The van der Waals surface area contributed by atoms with Crippen molar-refractivity contribution < 1.29 is 0 Å². The van der Waals surface area contributed by atoms with Crippen LogP contribution in [0.1, 0.15) is 45.1 Å². The predicted molar refractivity (Wildman–Crippen MR) is 77.4 cm³/mol. The van der Waals surface area contributed by atoms with Crippen molar-refractivity contribution in [2.45, 2.75) is 52.6 Å². The highest BCUT2D eigenvalue weighted by Crippen LogP contribution is 2.04. The Kier molecular flexibility index (Phi) is 7.42. The maximum Gasteiger partial charge on any atom is 0.0534 e. The van der Waals surface area contributed by atoms with E-state index in [4.69, 9.17) is 0 Å². The van der Waals surface area contributed by atoms with Gasteiger partial charge in [-0.3, -0.25) is 4.68 Å². The van der Waals surface area contributed by atoms with E-state index in [1.807, 2.05) is 12.3 Å². The van der Waals surface area contributed by atoms with Crippen LogP contribution in [0.5, 0.6) is 0 Å². The van der Waals surface area contributed by atoms with Crippen LogP contribution >= 0.6 is 0 Å². The molecule has 0 aliphatic rings. The molecule has 0 amide bonds. The van der Waals surface area contributed by atoms with Crippen LogP contribution in [-0.2, 0) is 13.1 Å². The molecule has 0 aliphatic heterocycles. The summed E-state index contributed by atoms with van der Waals surface area (Å²) < 4.78 is 2.06. The average Bonchev–Trinajstić information content (AvgIpc) is 2.76. The third-order valence-corrected chi connectivity index (χ3v) is 2.86. The Bertz CT molecular complexity index is 328. The lowest BCUT2D eigenvalue weighted by molar-refractivity contribution is 0.542. The molecule has 0 spiro atoms. The zero-order valence-electron chi connectivity index (χ0n) is 11.9. The van der Waals surface area contributed by atoms with Crippen LogP contribution in [0, 0.1) is 5.92 Å². The van der Waals surface area contributed by atoms with Gasteiger partial charge in [0, 0.05) is 24.8 Å². The number of allylic oxidation sites excluding steroid dienone is 1. The van der Waals surface area contributed by atoms with Crippen LogP contribution in [0.4, 0.5) is 0 Å². The minimum Gasteiger partial charge on any atom is -0.312 e. The molecule has 0 aliphatic carbocycles. The molecule has 1 aromatic rings. The number of nitrogens with zero attached hydrogens (tertiary/aromatic N) is 2. The lowest BCUT2D eigenvalue weighted by atomic mass is 10.2. The van der Waals surface area contributed by atoms with Gasteiger partial charge in [0.05, 0.1) is 6.20 Å². The first-order valence-electron chi connectivity index (χ1n) is 7.05. The first-order chi connectivity index (χ1) is 8.72. The molecule has 3 heteroatoms. The summed E-state index contributed by atoms with van der Waals surface area (Å²) in [5, 5.41) is 7.82. The molecule has 0 radical (unpaired) electrons. The second kappa shape index (κ2) is 8.92. The van der Waals surface area contributed by atoms with Gasteiger partial charge in [-0.2, -0.15) is 5.10 Å². The molecule has 1 rings (SSSR count). The Morgan fingerprint density at radius 3 is 2.94 bits per heavy atom.